The summed E-state index contributed by atoms with van der Waals surface area (Å²) >= 11 is 0. The van der Waals surface area contributed by atoms with Gasteiger partial charge in [-0.3, -0.25) is 23.7 Å². The molecule has 11 nitrogen and oxygen atoms in total. The van der Waals surface area contributed by atoms with Crippen LogP contribution in [0, 0.1) is 5.92 Å². The van der Waals surface area contributed by atoms with Gasteiger partial charge in [0.1, 0.15) is 18.4 Å². The number of nitrogens with one attached hydrogen (secondary N) is 1. The first-order valence-electron chi connectivity index (χ1n) is 6.37. The van der Waals surface area contributed by atoms with Crippen LogP contribution in [0.3, 0.4) is 0 Å². The quantitative estimate of drug-likeness (QED) is 0.254. The Morgan fingerprint density at radius 1 is 1.13 bits per heavy atom. The summed E-state index contributed by atoms with van der Waals surface area (Å²) < 4.78 is 30.5. The number of ketones is 1. The molecule has 0 aliphatic heterocycles. The molecule has 0 aromatic carbocycles. The lowest BCUT2D eigenvalue weighted by atomic mass is 9.99. The summed E-state index contributed by atoms with van der Waals surface area (Å²) in [6.07, 6.45) is -1.11. The standard InChI is InChI=1S/C11H18N2O9S/c12-8(11(18)19)2-1-7(14)3-6(5-23(20,21)22)10(17)13-4-9(15)16/h6,8H,1-5,12H2,(H,13,17)(H,15,16)(H,18,19)(H,20,21,22)/t6-,8-/m1/s1. The Hall–Kier alpha value is -2.05. The van der Waals surface area contributed by atoms with Crippen LogP contribution in [0.1, 0.15) is 19.3 Å². The Balaban J connectivity index is 4.74. The minimum atomic E-state index is -4.58. The molecule has 0 radical (unpaired) electrons. The van der Waals surface area contributed by atoms with Crippen LogP contribution in [0.5, 0.6) is 0 Å². The lowest BCUT2D eigenvalue weighted by Gasteiger charge is -2.14. The van der Waals surface area contributed by atoms with E-state index >= 15 is 0 Å². The molecule has 23 heavy (non-hydrogen) atoms. The molecule has 1 amide bonds. The van der Waals surface area contributed by atoms with E-state index < -0.39 is 64.4 Å². The van der Waals surface area contributed by atoms with Crippen molar-refractivity contribution in [1.29, 1.82) is 0 Å². The summed E-state index contributed by atoms with van der Waals surface area (Å²) in [5.41, 5.74) is 5.21. The van der Waals surface area contributed by atoms with Crippen LogP contribution in [0.2, 0.25) is 0 Å². The molecular weight excluding hydrogens is 336 g/mol. The minimum absolute atomic E-state index is 0.205. The Bertz CT molecular complexity index is 572. The van der Waals surface area contributed by atoms with Crippen molar-refractivity contribution in [1.82, 2.24) is 5.32 Å². The van der Waals surface area contributed by atoms with E-state index in [-0.39, 0.29) is 12.8 Å². The molecule has 0 aromatic heterocycles. The number of amides is 1. The van der Waals surface area contributed by atoms with E-state index in [9.17, 15) is 27.6 Å². The first-order valence-corrected chi connectivity index (χ1v) is 7.98. The average molecular weight is 354 g/mol. The van der Waals surface area contributed by atoms with Gasteiger partial charge in [-0.25, -0.2) is 0 Å². The van der Waals surface area contributed by atoms with Gasteiger partial charge in [-0.05, 0) is 6.42 Å². The highest BCUT2D eigenvalue weighted by Gasteiger charge is 2.27. The van der Waals surface area contributed by atoms with Crippen molar-refractivity contribution in [3.8, 4) is 0 Å². The van der Waals surface area contributed by atoms with Crippen molar-refractivity contribution >= 4 is 33.7 Å². The molecule has 0 saturated carbocycles. The van der Waals surface area contributed by atoms with E-state index in [1.165, 1.54) is 0 Å². The van der Waals surface area contributed by atoms with E-state index in [2.05, 4.69) is 0 Å². The molecule has 0 aliphatic carbocycles. The maximum atomic E-state index is 11.7. The molecule has 0 fully saturated rings. The molecule has 132 valence electrons. The fraction of sp³-hybridized carbons (Fsp3) is 0.636. The number of carbonyl (C=O) groups excluding carboxylic acids is 2. The lowest BCUT2D eigenvalue weighted by Crippen LogP contribution is -2.38. The predicted octanol–water partition coefficient (Wildman–Crippen LogP) is -2.16. The van der Waals surface area contributed by atoms with E-state index in [0.717, 1.165) is 0 Å². The number of aliphatic carboxylic acids is 2. The zero-order valence-electron chi connectivity index (χ0n) is 12.0. The van der Waals surface area contributed by atoms with Gasteiger partial charge in [0.05, 0.1) is 11.7 Å². The number of nitrogens with two attached hydrogens (primary N) is 1. The van der Waals surface area contributed by atoms with Crippen molar-refractivity contribution < 1.29 is 42.4 Å². The Labute approximate surface area is 131 Å². The predicted molar refractivity (Wildman–Crippen MR) is 75.0 cm³/mol. The van der Waals surface area contributed by atoms with Gasteiger partial charge in [0, 0.05) is 12.8 Å². The van der Waals surface area contributed by atoms with Crippen LogP contribution < -0.4 is 11.1 Å². The molecular formula is C11H18N2O9S. The van der Waals surface area contributed by atoms with Crippen LogP contribution in [0.4, 0.5) is 0 Å². The Kier molecular flexibility index (Phi) is 8.35. The van der Waals surface area contributed by atoms with Crippen LogP contribution in [0.15, 0.2) is 0 Å². The molecule has 0 bridgehead atoms. The Morgan fingerprint density at radius 2 is 1.70 bits per heavy atom. The second-order valence-electron chi connectivity index (χ2n) is 4.78. The van der Waals surface area contributed by atoms with Gasteiger partial charge in [0.25, 0.3) is 10.1 Å². The molecule has 0 heterocycles. The molecule has 0 rings (SSSR count). The van der Waals surface area contributed by atoms with Gasteiger partial charge in [0.2, 0.25) is 5.91 Å². The minimum Gasteiger partial charge on any atom is -0.480 e. The number of rotatable bonds is 11. The van der Waals surface area contributed by atoms with E-state index in [1.54, 1.807) is 0 Å². The monoisotopic (exact) mass is 354 g/mol. The van der Waals surface area contributed by atoms with E-state index in [1.807, 2.05) is 5.32 Å². The highest BCUT2D eigenvalue weighted by Crippen LogP contribution is 2.11. The zero-order chi connectivity index (χ0) is 18.2. The smallest absolute Gasteiger partial charge is 0.322 e. The number of carbonyl (C=O) groups is 4. The van der Waals surface area contributed by atoms with Crippen LogP contribution >= 0.6 is 0 Å². The second kappa shape index (κ2) is 9.17. The highest BCUT2D eigenvalue weighted by molar-refractivity contribution is 7.85. The van der Waals surface area contributed by atoms with Crippen molar-refractivity contribution in [3.63, 3.8) is 0 Å². The molecule has 0 spiro atoms. The molecule has 2 atom stereocenters. The molecule has 6 N–H and O–H groups in total. The largest absolute Gasteiger partial charge is 0.480 e. The van der Waals surface area contributed by atoms with Crippen LogP contribution in [-0.2, 0) is 29.3 Å². The van der Waals surface area contributed by atoms with Gasteiger partial charge in [-0.15, -0.1) is 0 Å². The van der Waals surface area contributed by atoms with E-state index in [0.29, 0.717) is 0 Å². The lowest BCUT2D eigenvalue weighted by molar-refractivity contribution is -0.139. The fourth-order valence-corrected chi connectivity index (χ4v) is 2.38. The summed E-state index contributed by atoms with van der Waals surface area (Å²) in [4.78, 5) is 44.2. The van der Waals surface area contributed by atoms with Gasteiger partial charge in [-0.2, -0.15) is 8.42 Å². The summed E-state index contributed by atoms with van der Waals surface area (Å²) in [7, 11) is -4.58. The maximum absolute atomic E-state index is 11.7. The van der Waals surface area contributed by atoms with Gasteiger partial charge in [0.15, 0.2) is 0 Å². The first-order chi connectivity index (χ1) is 10.4. The summed E-state index contributed by atoms with van der Waals surface area (Å²) in [6, 6.07) is -1.28. The number of hydrogen-bond acceptors (Lipinski definition) is 7. The first kappa shape index (κ1) is 20.9. The molecule has 0 unspecified atom stereocenters. The topological polar surface area (TPSA) is 201 Å². The number of hydrogen-bond donors (Lipinski definition) is 5. The van der Waals surface area contributed by atoms with Gasteiger partial charge >= 0.3 is 11.9 Å². The van der Waals surface area contributed by atoms with Crippen molar-refractivity contribution in [2.24, 2.45) is 11.7 Å². The number of carboxylic acid groups (broad SMARTS) is 2. The fourth-order valence-electron chi connectivity index (χ4n) is 1.61. The van der Waals surface area contributed by atoms with Crippen molar-refractivity contribution in [3.05, 3.63) is 0 Å². The average Bonchev–Trinajstić information content (AvgIpc) is 2.39. The van der Waals surface area contributed by atoms with Crippen molar-refractivity contribution in [2.75, 3.05) is 12.3 Å². The zero-order valence-corrected chi connectivity index (χ0v) is 12.8. The SMILES string of the molecule is N[C@H](CCC(=O)C[C@H](CS(=O)(=O)O)C(=O)NCC(=O)O)C(=O)O. The number of Topliss-reactive ketones (excluding diaryl/α,β-unsaturated/α-hetero) is 1. The highest BCUT2D eigenvalue weighted by atomic mass is 32.2. The maximum Gasteiger partial charge on any atom is 0.322 e. The normalized spacial score (nSPS) is 13.8. The van der Waals surface area contributed by atoms with Crippen molar-refractivity contribution in [2.45, 2.75) is 25.3 Å². The third-order valence-corrected chi connectivity index (χ3v) is 3.55. The van der Waals surface area contributed by atoms with Gasteiger partial charge in [-0.1, -0.05) is 0 Å². The van der Waals surface area contributed by atoms with Gasteiger partial charge < -0.3 is 21.3 Å². The molecule has 0 aromatic rings. The third kappa shape index (κ3) is 10.3. The van der Waals surface area contributed by atoms with E-state index in [4.69, 9.17) is 20.5 Å². The number of carboxylic acids is 2. The molecule has 0 aliphatic rings. The van der Waals surface area contributed by atoms with Crippen LogP contribution in [0.25, 0.3) is 0 Å². The summed E-state index contributed by atoms with van der Waals surface area (Å²) in [5.74, 6) is -6.90. The van der Waals surface area contributed by atoms with Crippen LogP contribution in [-0.4, -0.2) is 65.2 Å². The third-order valence-electron chi connectivity index (χ3n) is 2.72. The molecule has 12 heteroatoms. The summed E-state index contributed by atoms with van der Waals surface area (Å²) in [6.45, 7) is -0.779. The summed E-state index contributed by atoms with van der Waals surface area (Å²) in [5, 5.41) is 18.9. The Morgan fingerprint density at radius 3 is 2.13 bits per heavy atom. The second-order valence-corrected chi connectivity index (χ2v) is 6.28. The molecule has 0 saturated heterocycles.